The zero-order valence-corrected chi connectivity index (χ0v) is 26.2. The third-order valence-corrected chi connectivity index (χ3v) is 8.58. The molecular formula is C45H31N3. The summed E-state index contributed by atoms with van der Waals surface area (Å²) >= 11 is 0. The molecule has 0 saturated carbocycles. The minimum Gasteiger partial charge on any atom is -0.208 e. The van der Waals surface area contributed by atoms with Gasteiger partial charge in [-0.05, 0) is 50.6 Å². The van der Waals surface area contributed by atoms with E-state index in [4.69, 9.17) is 15.0 Å². The van der Waals surface area contributed by atoms with Gasteiger partial charge in [-0.3, -0.25) is 0 Å². The Morgan fingerprint density at radius 1 is 0.208 bits per heavy atom. The van der Waals surface area contributed by atoms with Crippen LogP contribution in [0, 0.1) is 0 Å². The van der Waals surface area contributed by atoms with Crippen LogP contribution in [0.4, 0.5) is 0 Å². The summed E-state index contributed by atoms with van der Waals surface area (Å²) in [6.45, 7) is 0. The SMILES string of the molecule is c1ccc(-c2ccc(-c3nc(-c4ccccc4)nc(-c4ccc(-c5ccccc5)c(-c5ccccc5-c5ccccc5)c4)n3)cc2)cc1. The molecule has 0 aliphatic rings. The molecule has 0 amide bonds. The number of aromatic nitrogens is 3. The van der Waals surface area contributed by atoms with Crippen molar-refractivity contribution in [2.24, 2.45) is 0 Å². The van der Waals surface area contributed by atoms with E-state index < -0.39 is 0 Å². The zero-order valence-electron chi connectivity index (χ0n) is 26.2. The molecule has 0 bridgehead atoms. The highest BCUT2D eigenvalue weighted by atomic mass is 15.0. The van der Waals surface area contributed by atoms with Crippen LogP contribution in [0.2, 0.25) is 0 Å². The van der Waals surface area contributed by atoms with Gasteiger partial charge in [-0.2, -0.15) is 0 Å². The molecule has 0 unspecified atom stereocenters. The highest BCUT2D eigenvalue weighted by Crippen LogP contribution is 2.40. The second kappa shape index (κ2) is 13.1. The van der Waals surface area contributed by atoms with E-state index in [2.05, 4.69) is 152 Å². The fourth-order valence-electron chi connectivity index (χ4n) is 6.16. The van der Waals surface area contributed by atoms with Crippen LogP contribution in [-0.2, 0) is 0 Å². The lowest BCUT2D eigenvalue weighted by atomic mass is 9.88. The number of benzene rings is 7. The number of rotatable bonds is 7. The molecule has 0 aliphatic carbocycles. The Kier molecular flexibility index (Phi) is 7.92. The van der Waals surface area contributed by atoms with E-state index in [9.17, 15) is 0 Å². The fraction of sp³-hybridized carbons (Fsp3) is 0. The minimum absolute atomic E-state index is 0.629. The van der Waals surface area contributed by atoms with Gasteiger partial charge >= 0.3 is 0 Å². The number of hydrogen-bond donors (Lipinski definition) is 0. The average Bonchev–Trinajstić information content (AvgIpc) is 3.19. The van der Waals surface area contributed by atoms with E-state index in [-0.39, 0.29) is 0 Å². The Morgan fingerprint density at radius 2 is 0.542 bits per heavy atom. The lowest BCUT2D eigenvalue weighted by Crippen LogP contribution is -2.00. The monoisotopic (exact) mass is 613 g/mol. The second-order valence-corrected chi connectivity index (χ2v) is 11.7. The van der Waals surface area contributed by atoms with Crippen molar-refractivity contribution in [1.82, 2.24) is 15.0 Å². The molecule has 7 aromatic carbocycles. The predicted molar refractivity (Wildman–Crippen MR) is 198 cm³/mol. The first kappa shape index (κ1) is 29.0. The normalized spacial score (nSPS) is 10.9. The van der Waals surface area contributed by atoms with E-state index in [1.165, 1.54) is 16.7 Å². The Balaban J connectivity index is 1.30. The molecule has 1 heterocycles. The molecule has 0 spiro atoms. The van der Waals surface area contributed by atoms with Gasteiger partial charge in [-0.1, -0.05) is 182 Å². The van der Waals surface area contributed by atoms with Gasteiger partial charge in [-0.25, -0.2) is 15.0 Å². The van der Waals surface area contributed by atoms with Crippen LogP contribution in [0.5, 0.6) is 0 Å². The molecule has 0 N–H and O–H groups in total. The first-order chi connectivity index (χ1) is 23.8. The van der Waals surface area contributed by atoms with E-state index >= 15 is 0 Å². The Morgan fingerprint density at radius 3 is 1.08 bits per heavy atom. The van der Waals surface area contributed by atoms with E-state index in [1.807, 2.05) is 36.4 Å². The molecule has 0 radical (unpaired) electrons. The van der Waals surface area contributed by atoms with E-state index in [0.717, 1.165) is 44.5 Å². The minimum atomic E-state index is 0.629. The van der Waals surface area contributed by atoms with Crippen molar-refractivity contribution in [2.45, 2.75) is 0 Å². The van der Waals surface area contributed by atoms with Gasteiger partial charge in [0.1, 0.15) is 0 Å². The molecule has 48 heavy (non-hydrogen) atoms. The molecule has 0 fully saturated rings. The lowest BCUT2D eigenvalue weighted by Gasteiger charge is -2.16. The third-order valence-electron chi connectivity index (χ3n) is 8.58. The molecule has 3 heteroatoms. The molecule has 1 aromatic heterocycles. The van der Waals surface area contributed by atoms with Crippen molar-refractivity contribution in [3.05, 3.63) is 188 Å². The summed E-state index contributed by atoms with van der Waals surface area (Å²) in [7, 11) is 0. The summed E-state index contributed by atoms with van der Waals surface area (Å²) < 4.78 is 0. The predicted octanol–water partition coefficient (Wildman–Crippen LogP) is 11.5. The summed E-state index contributed by atoms with van der Waals surface area (Å²) in [5, 5.41) is 0. The van der Waals surface area contributed by atoms with Crippen LogP contribution in [0.1, 0.15) is 0 Å². The van der Waals surface area contributed by atoms with Gasteiger partial charge in [0.05, 0.1) is 0 Å². The summed E-state index contributed by atoms with van der Waals surface area (Å²) in [6.07, 6.45) is 0. The van der Waals surface area contributed by atoms with Crippen molar-refractivity contribution < 1.29 is 0 Å². The molecule has 0 aliphatic heterocycles. The topological polar surface area (TPSA) is 38.7 Å². The average molecular weight is 614 g/mol. The second-order valence-electron chi connectivity index (χ2n) is 11.7. The fourth-order valence-corrected chi connectivity index (χ4v) is 6.16. The van der Waals surface area contributed by atoms with Crippen LogP contribution < -0.4 is 0 Å². The summed E-state index contributed by atoms with van der Waals surface area (Å²) in [6, 6.07) is 65.2. The van der Waals surface area contributed by atoms with E-state index in [0.29, 0.717) is 17.5 Å². The summed E-state index contributed by atoms with van der Waals surface area (Å²) in [5.74, 6) is 1.90. The van der Waals surface area contributed by atoms with Crippen LogP contribution in [0.25, 0.3) is 78.7 Å². The first-order valence-corrected chi connectivity index (χ1v) is 16.1. The molecule has 0 atom stereocenters. The molecule has 226 valence electrons. The zero-order chi connectivity index (χ0) is 32.1. The Hall–Kier alpha value is -6.45. The Bertz CT molecular complexity index is 2300. The number of nitrogens with zero attached hydrogens (tertiary/aromatic N) is 3. The van der Waals surface area contributed by atoms with Gasteiger partial charge in [0.2, 0.25) is 0 Å². The largest absolute Gasteiger partial charge is 0.208 e. The van der Waals surface area contributed by atoms with Crippen molar-refractivity contribution >= 4 is 0 Å². The van der Waals surface area contributed by atoms with Crippen molar-refractivity contribution in [3.63, 3.8) is 0 Å². The maximum absolute atomic E-state index is 5.10. The van der Waals surface area contributed by atoms with Gasteiger partial charge in [0.15, 0.2) is 17.5 Å². The van der Waals surface area contributed by atoms with Crippen LogP contribution in [0.15, 0.2) is 188 Å². The first-order valence-electron chi connectivity index (χ1n) is 16.1. The number of hydrogen-bond acceptors (Lipinski definition) is 3. The van der Waals surface area contributed by atoms with Gasteiger partial charge in [0.25, 0.3) is 0 Å². The lowest BCUT2D eigenvalue weighted by molar-refractivity contribution is 1.07. The maximum atomic E-state index is 5.10. The summed E-state index contributed by atoms with van der Waals surface area (Å²) in [4.78, 5) is 15.1. The quantitative estimate of drug-likeness (QED) is 0.179. The summed E-state index contributed by atoms with van der Waals surface area (Å²) in [5.41, 5.74) is 12.0. The highest BCUT2D eigenvalue weighted by molar-refractivity contribution is 5.93. The van der Waals surface area contributed by atoms with Gasteiger partial charge in [0, 0.05) is 16.7 Å². The molecule has 3 nitrogen and oxygen atoms in total. The molecular weight excluding hydrogens is 583 g/mol. The molecule has 8 aromatic rings. The van der Waals surface area contributed by atoms with Crippen molar-refractivity contribution in [1.29, 1.82) is 0 Å². The van der Waals surface area contributed by atoms with Crippen LogP contribution in [0.3, 0.4) is 0 Å². The molecule has 8 rings (SSSR count). The van der Waals surface area contributed by atoms with Crippen molar-refractivity contribution in [3.8, 4) is 78.7 Å². The van der Waals surface area contributed by atoms with Crippen molar-refractivity contribution in [2.75, 3.05) is 0 Å². The standard InChI is InChI=1S/C45H31N3/c1-5-15-32(16-6-1)33-25-27-37(28-26-33)44-46-43(36-21-11-4-12-22-36)47-45(48-44)38-29-30-40(35-19-9-3-10-20-35)42(31-38)41-24-14-13-23-39(41)34-17-7-2-8-18-34/h1-31H. The van der Waals surface area contributed by atoms with E-state index in [1.54, 1.807) is 0 Å². The van der Waals surface area contributed by atoms with Crippen LogP contribution in [-0.4, -0.2) is 15.0 Å². The Labute approximate surface area is 280 Å². The van der Waals surface area contributed by atoms with Crippen LogP contribution >= 0.6 is 0 Å². The smallest absolute Gasteiger partial charge is 0.164 e. The maximum Gasteiger partial charge on any atom is 0.164 e. The third kappa shape index (κ3) is 5.93. The van der Waals surface area contributed by atoms with Gasteiger partial charge in [-0.15, -0.1) is 0 Å². The van der Waals surface area contributed by atoms with Gasteiger partial charge < -0.3 is 0 Å². The molecule has 0 saturated heterocycles. The highest BCUT2D eigenvalue weighted by Gasteiger charge is 2.17.